The number of methoxy groups -OCH3 is 1. The molecule has 8 heteroatoms. The van der Waals surface area contributed by atoms with Crippen LogP contribution in [0, 0.1) is 6.92 Å². The van der Waals surface area contributed by atoms with Crippen molar-refractivity contribution in [2.75, 3.05) is 30.5 Å². The van der Waals surface area contributed by atoms with Crippen molar-refractivity contribution in [1.82, 2.24) is 4.90 Å². The summed E-state index contributed by atoms with van der Waals surface area (Å²) < 4.78 is 28.8. The van der Waals surface area contributed by atoms with Crippen molar-refractivity contribution in [3.05, 3.63) is 22.7 Å². The van der Waals surface area contributed by atoms with Gasteiger partial charge in [-0.15, -0.1) is 0 Å². The van der Waals surface area contributed by atoms with Crippen molar-refractivity contribution in [2.24, 2.45) is 0 Å². The van der Waals surface area contributed by atoms with E-state index in [0.717, 1.165) is 5.56 Å². The first-order chi connectivity index (χ1) is 11.7. The SMILES string of the molecule is CCN(C(=O)[C@H](C)Nc1cc(C)c(Cl)cc1OC)[C@@H]1CCS(=O)(=O)C1. The van der Waals surface area contributed by atoms with Crippen LogP contribution in [0.5, 0.6) is 5.75 Å². The Morgan fingerprint density at radius 2 is 2.16 bits per heavy atom. The summed E-state index contributed by atoms with van der Waals surface area (Å²) in [7, 11) is -1.50. The number of nitrogens with zero attached hydrogens (tertiary/aromatic N) is 1. The van der Waals surface area contributed by atoms with Crippen molar-refractivity contribution in [3.63, 3.8) is 0 Å². The lowest BCUT2D eigenvalue weighted by Gasteiger charge is -2.30. The standard InChI is InChI=1S/C17H25ClN2O4S/c1-5-20(13-6-7-25(22,23)10-13)17(21)12(3)19-15-8-11(2)14(18)9-16(15)24-4/h8-9,12-13,19H,5-7,10H2,1-4H3/t12-,13+/m0/s1. The van der Waals surface area contributed by atoms with Gasteiger partial charge in [0.15, 0.2) is 9.84 Å². The number of aryl methyl sites for hydroxylation is 1. The van der Waals surface area contributed by atoms with Crippen LogP contribution in [0.25, 0.3) is 0 Å². The zero-order valence-electron chi connectivity index (χ0n) is 15.0. The minimum atomic E-state index is -3.04. The van der Waals surface area contributed by atoms with Gasteiger partial charge in [-0.25, -0.2) is 8.42 Å². The predicted molar refractivity (Wildman–Crippen MR) is 100 cm³/mol. The molecule has 2 atom stereocenters. The van der Waals surface area contributed by atoms with Gasteiger partial charge in [0, 0.05) is 23.7 Å². The number of halogens is 1. The molecule has 0 spiro atoms. The van der Waals surface area contributed by atoms with Crippen molar-refractivity contribution in [3.8, 4) is 5.75 Å². The molecule has 0 bridgehead atoms. The zero-order valence-corrected chi connectivity index (χ0v) is 16.6. The number of hydrogen-bond donors (Lipinski definition) is 1. The lowest BCUT2D eigenvalue weighted by atomic mass is 10.1. The summed E-state index contributed by atoms with van der Waals surface area (Å²) in [6, 6.07) is 2.78. The first kappa shape index (κ1) is 19.8. The summed E-state index contributed by atoms with van der Waals surface area (Å²) >= 11 is 6.11. The van der Waals surface area contributed by atoms with Gasteiger partial charge in [0.25, 0.3) is 0 Å². The second-order valence-electron chi connectivity index (χ2n) is 6.35. The van der Waals surface area contributed by atoms with E-state index in [0.29, 0.717) is 29.4 Å². The van der Waals surface area contributed by atoms with Crippen LogP contribution in [0.15, 0.2) is 12.1 Å². The number of hydrogen-bond acceptors (Lipinski definition) is 5. The monoisotopic (exact) mass is 388 g/mol. The smallest absolute Gasteiger partial charge is 0.245 e. The van der Waals surface area contributed by atoms with Gasteiger partial charge in [0.1, 0.15) is 11.8 Å². The topological polar surface area (TPSA) is 75.7 Å². The quantitative estimate of drug-likeness (QED) is 0.810. The largest absolute Gasteiger partial charge is 0.495 e. The fraction of sp³-hybridized carbons (Fsp3) is 0.588. The molecule has 1 aromatic rings. The lowest BCUT2D eigenvalue weighted by molar-refractivity contribution is -0.133. The van der Waals surface area contributed by atoms with E-state index in [4.69, 9.17) is 16.3 Å². The molecule has 1 aliphatic heterocycles. The molecule has 1 amide bonds. The van der Waals surface area contributed by atoms with Crippen LogP contribution in [0.2, 0.25) is 5.02 Å². The number of nitrogens with one attached hydrogen (secondary N) is 1. The van der Waals surface area contributed by atoms with E-state index in [1.165, 1.54) is 0 Å². The predicted octanol–water partition coefficient (Wildman–Crippen LogP) is 2.49. The molecule has 0 aliphatic carbocycles. The highest BCUT2D eigenvalue weighted by Crippen LogP contribution is 2.31. The minimum absolute atomic E-state index is 0.0443. The van der Waals surface area contributed by atoms with Gasteiger partial charge in [-0.05, 0) is 38.8 Å². The lowest BCUT2D eigenvalue weighted by Crippen LogP contribution is -2.47. The highest BCUT2D eigenvalue weighted by atomic mass is 35.5. The normalized spacial score (nSPS) is 20.1. The molecule has 0 aromatic heterocycles. The summed E-state index contributed by atoms with van der Waals surface area (Å²) in [6.07, 6.45) is 0.498. The van der Waals surface area contributed by atoms with E-state index in [-0.39, 0.29) is 23.5 Å². The molecule has 1 heterocycles. The van der Waals surface area contributed by atoms with E-state index in [1.54, 1.807) is 25.0 Å². The van der Waals surface area contributed by atoms with Crippen LogP contribution in [-0.2, 0) is 14.6 Å². The first-order valence-corrected chi connectivity index (χ1v) is 10.5. The molecule has 1 saturated heterocycles. The molecule has 1 fully saturated rings. The van der Waals surface area contributed by atoms with E-state index in [1.807, 2.05) is 19.9 Å². The van der Waals surface area contributed by atoms with E-state index in [2.05, 4.69) is 5.32 Å². The fourth-order valence-electron chi connectivity index (χ4n) is 3.10. The Labute approximate surface area is 154 Å². The van der Waals surface area contributed by atoms with Crippen molar-refractivity contribution >= 4 is 33.0 Å². The second kappa shape index (κ2) is 7.83. The van der Waals surface area contributed by atoms with Crippen molar-refractivity contribution in [1.29, 1.82) is 0 Å². The average molecular weight is 389 g/mol. The average Bonchev–Trinajstić information content (AvgIpc) is 2.90. The summed E-state index contributed by atoms with van der Waals surface area (Å²) in [4.78, 5) is 14.5. The molecule has 140 valence electrons. The van der Waals surface area contributed by atoms with E-state index < -0.39 is 15.9 Å². The van der Waals surface area contributed by atoms with Gasteiger partial charge in [0.05, 0.1) is 24.3 Å². The molecular formula is C17H25ClN2O4S. The molecule has 0 unspecified atom stereocenters. The van der Waals surface area contributed by atoms with Crippen LogP contribution < -0.4 is 10.1 Å². The van der Waals surface area contributed by atoms with E-state index in [9.17, 15) is 13.2 Å². The Bertz CT molecular complexity index is 751. The van der Waals surface area contributed by atoms with Crippen LogP contribution in [-0.4, -0.2) is 56.5 Å². The van der Waals surface area contributed by atoms with Crippen LogP contribution in [0.4, 0.5) is 5.69 Å². The Hall–Kier alpha value is -1.47. The molecule has 25 heavy (non-hydrogen) atoms. The van der Waals surface area contributed by atoms with Gasteiger partial charge in [-0.2, -0.15) is 0 Å². The Morgan fingerprint density at radius 3 is 2.68 bits per heavy atom. The third-order valence-corrected chi connectivity index (χ3v) is 6.65. The van der Waals surface area contributed by atoms with Crippen LogP contribution in [0.3, 0.4) is 0 Å². The van der Waals surface area contributed by atoms with Gasteiger partial charge in [0.2, 0.25) is 5.91 Å². The number of ether oxygens (including phenoxy) is 1. The summed E-state index contributed by atoms with van der Waals surface area (Å²) in [5.74, 6) is 0.622. The maximum atomic E-state index is 12.8. The Balaban J connectivity index is 2.15. The highest BCUT2D eigenvalue weighted by Gasteiger charge is 2.35. The number of sulfone groups is 1. The molecular weight excluding hydrogens is 364 g/mol. The molecule has 6 nitrogen and oxygen atoms in total. The summed E-state index contributed by atoms with van der Waals surface area (Å²) in [6.45, 7) is 5.98. The maximum Gasteiger partial charge on any atom is 0.245 e. The van der Waals surface area contributed by atoms with Gasteiger partial charge in [-0.3, -0.25) is 4.79 Å². The zero-order chi connectivity index (χ0) is 18.8. The van der Waals surface area contributed by atoms with E-state index >= 15 is 0 Å². The number of benzene rings is 1. The minimum Gasteiger partial charge on any atom is -0.495 e. The Kier molecular flexibility index (Phi) is 6.21. The Morgan fingerprint density at radius 1 is 1.48 bits per heavy atom. The fourth-order valence-corrected chi connectivity index (χ4v) is 4.99. The van der Waals surface area contributed by atoms with Gasteiger partial charge in [-0.1, -0.05) is 11.6 Å². The molecule has 0 saturated carbocycles. The third kappa shape index (κ3) is 4.58. The first-order valence-electron chi connectivity index (χ1n) is 8.30. The van der Waals surface area contributed by atoms with Crippen molar-refractivity contribution in [2.45, 2.75) is 39.3 Å². The number of rotatable bonds is 6. The molecule has 1 N–H and O–H groups in total. The number of carbonyl (C=O) groups is 1. The van der Waals surface area contributed by atoms with Crippen LogP contribution in [0.1, 0.15) is 25.8 Å². The van der Waals surface area contributed by atoms with Gasteiger partial charge >= 0.3 is 0 Å². The molecule has 1 aromatic carbocycles. The van der Waals surface area contributed by atoms with Gasteiger partial charge < -0.3 is 15.0 Å². The second-order valence-corrected chi connectivity index (χ2v) is 8.98. The molecule has 1 aliphatic rings. The number of amides is 1. The third-order valence-electron chi connectivity index (χ3n) is 4.50. The molecule has 0 radical (unpaired) electrons. The number of anilines is 1. The maximum absolute atomic E-state index is 12.8. The van der Waals surface area contributed by atoms with Crippen molar-refractivity contribution < 1.29 is 17.9 Å². The summed E-state index contributed by atoms with van der Waals surface area (Å²) in [5.41, 5.74) is 1.55. The number of likely N-dealkylation sites (N-methyl/N-ethyl adjacent to an activating group) is 1. The number of carbonyl (C=O) groups excluding carboxylic acids is 1. The summed E-state index contributed by atoms with van der Waals surface area (Å²) in [5, 5.41) is 3.75. The van der Waals surface area contributed by atoms with Crippen LogP contribution >= 0.6 is 11.6 Å². The molecule has 2 rings (SSSR count). The highest BCUT2D eigenvalue weighted by molar-refractivity contribution is 7.91.